The highest BCUT2D eigenvalue weighted by molar-refractivity contribution is 6.26. The second-order valence-electron chi connectivity index (χ2n) is 14.6. The molecule has 11 rings (SSSR count). The normalized spacial score (nSPS) is 13.2. The van der Waals surface area contributed by atoms with Crippen LogP contribution in [0.15, 0.2) is 170 Å². The molecule has 0 unspecified atom stereocenters. The summed E-state index contributed by atoms with van der Waals surface area (Å²) in [5.74, 6) is 0.726. The number of rotatable bonds is 4. The zero-order valence-electron chi connectivity index (χ0n) is 29.5. The topological polar surface area (TPSA) is 35.6 Å². The van der Waals surface area contributed by atoms with Crippen molar-refractivity contribution in [3.05, 3.63) is 181 Å². The van der Waals surface area contributed by atoms with Gasteiger partial charge in [-0.15, -0.1) is 0 Å². The fourth-order valence-corrected chi connectivity index (χ4v) is 8.94. The third-order valence-corrected chi connectivity index (χ3v) is 11.3. The smallest absolute Gasteiger partial charge is 0.162 e. The van der Waals surface area contributed by atoms with Crippen LogP contribution in [0.3, 0.4) is 0 Å². The van der Waals surface area contributed by atoms with Gasteiger partial charge in [0.25, 0.3) is 0 Å². The van der Waals surface area contributed by atoms with Gasteiger partial charge >= 0.3 is 0 Å². The van der Waals surface area contributed by atoms with Gasteiger partial charge in [-0.2, -0.15) is 0 Å². The largest absolute Gasteiger partial charge is 0.309 e. The van der Waals surface area contributed by atoms with Crippen molar-refractivity contribution in [2.75, 3.05) is 0 Å². The summed E-state index contributed by atoms with van der Waals surface area (Å²) in [4.78, 5) is 11.0. The summed E-state index contributed by atoms with van der Waals surface area (Å²) in [5.41, 5.74) is 14.3. The Morgan fingerprint density at radius 3 is 1.89 bits per heavy atom. The van der Waals surface area contributed by atoms with Crippen LogP contribution in [0.4, 0.5) is 0 Å². The number of para-hydroxylation sites is 4. The molecule has 0 atom stereocenters. The maximum atomic E-state index is 5.54. The summed E-state index contributed by atoms with van der Waals surface area (Å²) in [6.07, 6.45) is 0. The Bertz CT molecular complexity index is 3080. The van der Waals surface area contributed by atoms with E-state index in [0.717, 1.165) is 50.8 Å². The van der Waals surface area contributed by atoms with Crippen LogP contribution < -0.4 is 0 Å². The minimum atomic E-state index is -0.291. The number of hydrogen-bond donors (Lipinski definition) is 0. The highest BCUT2D eigenvalue weighted by atomic mass is 15.0. The Hall–Kier alpha value is -6.78. The first kappa shape index (κ1) is 29.9. The van der Waals surface area contributed by atoms with Crippen LogP contribution >= 0.6 is 0 Å². The zero-order valence-corrected chi connectivity index (χ0v) is 29.5. The van der Waals surface area contributed by atoms with Gasteiger partial charge in [0, 0.05) is 49.3 Å². The second kappa shape index (κ2) is 11.1. The van der Waals surface area contributed by atoms with Gasteiger partial charge in [0.2, 0.25) is 0 Å². The lowest BCUT2D eigenvalue weighted by atomic mass is 9.85. The molecule has 0 bridgehead atoms. The molecule has 1 aliphatic carbocycles. The van der Waals surface area contributed by atoms with Gasteiger partial charge in [-0.3, -0.25) is 0 Å². The summed E-state index contributed by atoms with van der Waals surface area (Å²) >= 11 is 0. The average molecular weight is 679 g/mol. The Kier molecular flexibility index (Phi) is 6.27. The molecule has 0 N–H and O–H groups in total. The van der Waals surface area contributed by atoms with Crippen LogP contribution in [0.2, 0.25) is 0 Å². The molecular formula is C49H34N4. The third-order valence-electron chi connectivity index (χ3n) is 11.3. The van der Waals surface area contributed by atoms with E-state index in [0.29, 0.717) is 0 Å². The number of hydrogen-bond acceptors (Lipinski definition) is 2. The molecule has 3 heterocycles. The molecule has 0 aliphatic heterocycles. The summed E-state index contributed by atoms with van der Waals surface area (Å²) < 4.78 is 4.86. The van der Waals surface area contributed by atoms with Crippen molar-refractivity contribution in [2.45, 2.75) is 19.3 Å². The van der Waals surface area contributed by atoms with Gasteiger partial charge < -0.3 is 9.13 Å². The lowest BCUT2D eigenvalue weighted by Gasteiger charge is -2.22. The van der Waals surface area contributed by atoms with E-state index in [1.807, 2.05) is 0 Å². The lowest BCUT2D eigenvalue weighted by molar-refractivity contribution is 0.636. The minimum absolute atomic E-state index is 0.291. The zero-order chi connectivity index (χ0) is 35.3. The van der Waals surface area contributed by atoms with E-state index in [4.69, 9.17) is 9.97 Å². The van der Waals surface area contributed by atoms with Crippen LogP contribution in [-0.4, -0.2) is 19.1 Å². The van der Waals surface area contributed by atoms with Crippen molar-refractivity contribution in [3.63, 3.8) is 0 Å². The van der Waals surface area contributed by atoms with Crippen molar-refractivity contribution in [1.82, 2.24) is 19.1 Å². The van der Waals surface area contributed by atoms with Crippen molar-refractivity contribution in [3.8, 4) is 45.1 Å². The Morgan fingerprint density at radius 1 is 0.472 bits per heavy atom. The van der Waals surface area contributed by atoms with E-state index in [1.165, 1.54) is 49.2 Å². The van der Waals surface area contributed by atoms with Gasteiger partial charge in [0.1, 0.15) is 0 Å². The van der Waals surface area contributed by atoms with Crippen LogP contribution in [0.25, 0.3) is 88.8 Å². The lowest BCUT2D eigenvalue weighted by Crippen LogP contribution is -2.17. The maximum Gasteiger partial charge on any atom is 0.162 e. The molecule has 0 amide bonds. The number of nitrogens with zero attached hydrogens (tertiary/aromatic N) is 4. The van der Waals surface area contributed by atoms with Crippen molar-refractivity contribution in [2.24, 2.45) is 0 Å². The molecule has 7 aromatic carbocycles. The van der Waals surface area contributed by atoms with E-state index >= 15 is 0 Å². The van der Waals surface area contributed by atoms with E-state index in [1.54, 1.807) is 0 Å². The van der Waals surface area contributed by atoms with Crippen LogP contribution in [0.1, 0.15) is 25.1 Å². The second-order valence-corrected chi connectivity index (χ2v) is 14.6. The highest BCUT2D eigenvalue weighted by Gasteiger charge is 2.40. The molecule has 0 radical (unpaired) electrons. The monoisotopic (exact) mass is 678 g/mol. The molecule has 0 spiro atoms. The molecule has 250 valence electrons. The van der Waals surface area contributed by atoms with E-state index in [9.17, 15) is 0 Å². The first-order valence-corrected chi connectivity index (χ1v) is 18.3. The maximum absolute atomic E-state index is 5.54. The third kappa shape index (κ3) is 4.18. The summed E-state index contributed by atoms with van der Waals surface area (Å²) in [7, 11) is 0. The number of fused-ring (bicyclic) bond motifs is 10. The summed E-state index contributed by atoms with van der Waals surface area (Å²) in [6.45, 7) is 4.59. The fourth-order valence-electron chi connectivity index (χ4n) is 8.94. The van der Waals surface area contributed by atoms with Crippen molar-refractivity contribution < 1.29 is 0 Å². The van der Waals surface area contributed by atoms with Gasteiger partial charge in [-0.05, 0) is 53.6 Å². The molecule has 0 saturated heterocycles. The molecule has 4 nitrogen and oxygen atoms in total. The van der Waals surface area contributed by atoms with Crippen molar-refractivity contribution >= 4 is 43.6 Å². The Morgan fingerprint density at radius 2 is 1.09 bits per heavy atom. The molecule has 53 heavy (non-hydrogen) atoms. The van der Waals surface area contributed by atoms with Gasteiger partial charge in [-0.1, -0.05) is 141 Å². The Labute approximate surface area is 307 Å². The van der Waals surface area contributed by atoms with Gasteiger partial charge in [0.15, 0.2) is 5.82 Å². The van der Waals surface area contributed by atoms with Crippen LogP contribution in [-0.2, 0) is 5.41 Å². The van der Waals surface area contributed by atoms with E-state index in [2.05, 4.69) is 193 Å². The van der Waals surface area contributed by atoms with Gasteiger partial charge in [0.05, 0.1) is 39.1 Å². The van der Waals surface area contributed by atoms with E-state index in [-0.39, 0.29) is 5.41 Å². The standard InChI is InChI=1S/C49H34N4/c1-49(2)38-25-13-9-22-35(38)44-45(31-17-5-3-6-18-31)50-48(51-47(44)49)37-24-12-16-28-41(37)53-39-26-14-10-21-33(39)34-29-30-42-43(46(34)53)36-23-11-15-27-40(36)52(42)32-19-7-4-8-20-32/h3-30H,1-2H3. The predicted octanol–water partition coefficient (Wildman–Crippen LogP) is 12.3. The molecule has 0 saturated carbocycles. The highest BCUT2D eigenvalue weighted by Crippen LogP contribution is 2.51. The summed E-state index contributed by atoms with van der Waals surface area (Å²) in [6, 6.07) is 60.8. The van der Waals surface area contributed by atoms with Gasteiger partial charge in [-0.25, -0.2) is 9.97 Å². The molecule has 1 aliphatic rings. The van der Waals surface area contributed by atoms with Crippen LogP contribution in [0, 0.1) is 0 Å². The fraction of sp³-hybridized carbons (Fsp3) is 0.0612. The first-order valence-electron chi connectivity index (χ1n) is 18.3. The Balaban J connectivity index is 1.26. The average Bonchev–Trinajstić information content (AvgIpc) is 3.81. The minimum Gasteiger partial charge on any atom is -0.309 e. The summed E-state index contributed by atoms with van der Waals surface area (Å²) in [5, 5.41) is 4.88. The predicted molar refractivity (Wildman–Crippen MR) is 219 cm³/mol. The SMILES string of the molecule is CC1(C)c2ccccc2-c2c(-c3ccccc3)nc(-c3ccccc3-n3c4ccccc4c4ccc5c(c6ccccc6n5-c5ccccc5)c43)nc21. The molecule has 10 aromatic rings. The molecule has 4 heteroatoms. The number of aromatic nitrogens is 4. The molecule has 0 fully saturated rings. The molecule has 3 aromatic heterocycles. The van der Waals surface area contributed by atoms with E-state index < -0.39 is 0 Å². The van der Waals surface area contributed by atoms with Crippen LogP contribution in [0.5, 0.6) is 0 Å². The first-order chi connectivity index (χ1) is 26.1. The number of benzene rings is 7. The molecular weight excluding hydrogens is 645 g/mol. The van der Waals surface area contributed by atoms with Crippen molar-refractivity contribution in [1.29, 1.82) is 0 Å². The quantitative estimate of drug-likeness (QED) is 0.186.